The van der Waals surface area contributed by atoms with Crippen molar-refractivity contribution in [2.24, 2.45) is 5.92 Å². The maximum Gasteiger partial charge on any atom is 0.373 e. The number of rotatable bonds is 5. The van der Waals surface area contributed by atoms with Crippen LogP contribution in [0.5, 0.6) is 0 Å². The Kier molecular flexibility index (Phi) is 5.72. The van der Waals surface area contributed by atoms with E-state index in [4.69, 9.17) is 0 Å². The van der Waals surface area contributed by atoms with Gasteiger partial charge in [-0.3, -0.25) is 0 Å². The zero-order chi connectivity index (χ0) is 23.6. The second-order valence-electron chi connectivity index (χ2n) is 9.11. The van der Waals surface area contributed by atoms with Crippen LogP contribution in [0.15, 0.2) is 140 Å². The molecule has 0 aromatic heterocycles. The van der Waals surface area contributed by atoms with Gasteiger partial charge in [-0.2, -0.15) is 0 Å². The number of hydrogen-bond donors (Lipinski definition) is 0. The number of benzene rings is 4. The molecule has 2 aliphatic rings. The van der Waals surface area contributed by atoms with Crippen LogP contribution in [0.1, 0.15) is 6.92 Å². The normalized spacial score (nSPS) is 19.1. The van der Waals surface area contributed by atoms with E-state index in [1.54, 1.807) is 0 Å². The Morgan fingerprint density at radius 1 is 0.571 bits per heavy atom. The summed E-state index contributed by atoms with van der Waals surface area (Å²) in [6.07, 6.45) is 9.09. The Balaban J connectivity index is 1.62. The zero-order valence-corrected chi connectivity index (χ0v) is 21.0. The minimum atomic E-state index is -2.09. The van der Waals surface area contributed by atoms with E-state index < -0.39 is 9.28 Å². The molecule has 0 bridgehead atoms. The first-order valence-electron chi connectivity index (χ1n) is 12.3. The lowest BCUT2D eigenvalue weighted by Gasteiger charge is -2.45. The van der Waals surface area contributed by atoms with E-state index in [0.29, 0.717) is 5.92 Å². The van der Waals surface area contributed by atoms with Crippen molar-refractivity contribution in [3.63, 3.8) is 0 Å². The molecule has 0 saturated carbocycles. The van der Waals surface area contributed by atoms with Crippen molar-refractivity contribution in [1.82, 2.24) is 0 Å². The minimum absolute atomic E-state index is 0.255. The highest BCUT2D eigenvalue weighted by molar-refractivity contribution is 6.76. The molecule has 0 spiro atoms. The maximum absolute atomic E-state index is 2.71. The van der Waals surface area contributed by atoms with Gasteiger partial charge in [0.05, 0.1) is 11.4 Å². The van der Waals surface area contributed by atoms with Gasteiger partial charge < -0.3 is 13.7 Å². The van der Waals surface area contributed by atoms with Crippen LogP contribution in [0.25, 0.3) is 0 Å². The van der Waals surface area contributed by atoms with Gasteiger partial charge in [-0.05, 0) is 54.4 Å². The number of nitrogens with zero attached hydrogens (tertiary/aromatic N) is 3. The molecule has 2 atom stereocenters. The molecule has 1 aliphatic heterocycles. The van der Waals surface area contributed by atoms with E-state index in [2.05, 4.69) is 160 Å². The van der Waals surface area contributed by atoms with E-state index >= 15 is 0 Å². The summed E-state index contributed by atoms with van der Waals surface area (Å²) in [4.78, 5) is 0. The van der Waals surface area contributed by atoms with Crippen molar-refractivity contribution in [3.05, 3.63) is 140 Å². The number of allylic oxidation sites excluding steroid dienone is 2. The van der Waals surface area contributed by atoms with Crippen LogP contribution in [-0.4, -0.2) is 15.3 Å². The van der Waals surface area contributed by atoms with Crippen LogP contribution < -0.4 is 13.7 Å². The van der Waals surface area contributed by atoms with Gasteiger partial charge in [0.1, 0.15) is 0 Å². The standard InChI is InChI=1S/C31H29N3Si/c1-25-15-11-12-22-29(25)32(26-16-5-2-6-17-26)35-33(27-18-7-3-8-19-27)30-23-13-14-24-31(30)34(35)28-20-9-4-10-21-28/h2-25,29,35H,1H3. The van der Waals surface area contributed by atoms with E-state index in [1.807, 2.05) is 0 Å². The second kappa shape index (κ2) is 9.32. The molecule has 4 aromatic carbocycles. The predicted molar refractivity (Wildman–Crippen MR) is 151 cm³/mol. The van der Waals surface area contributed by atoms with Crippen LogP contribution in [-0.2, 0) is 0 Å². The van der Waals surface area contributed by atoms with Gasteiger partial charge in [0.15, 0.2) is 0 Å². The molecule has 3 nitrogen and oxygen atoms in total. The van der Waals surface area contributed by atoms with Crippen LogP contribution in [0.2, 0.25) is 0 Å². The summed E-state index contributed by atoms with van der Waals surface area (Å²) in [5, 5.41) is 0. The lowest BCUT2D eigenvalue weighted by atomic mass is 9.97. The molecule has 0 amide bonds. The maximum atomic E-state index is 2.71. The monoisotopic (exact) mass is 471 g/mol. The van der Waals surface area contributed by atoms with Crippen molar-refractivity contribution in [2.75, 3.05) is 13.7 Å². The van der Waals surface area contributed by atoms with Crippen LogP contribution in [0.4, 0.5) is 28.4 Å². The van der Waals surface area contributed by atoms with E-state index in [0.717, 1.165) is 0 Å². The van der Waals surface area contributed by atoms with Gasteiger partial charge in [0.2, 0.25) is 0 Å². The van der Waals surface area contributed by atoms with Crippen molar-refractivity contribution >= 4 is 37.7 Å². The smallest absolute Gasteiger partial charge is 0.359 e. The molecule has 2 unspecified atom stereocenters. The molecular weight excluding hydrogens is 442 g/mol. The molecule has 6 rings (SSSR count). The van der Waals surface area contributed by atoms with Crippen molar-refractivity contribution in [1.29, 1.82) is 0 Å². The van der Waals surface area contributed by atoms with Gasteiger partial charge in [-0.15, -0.1) is 0 Å². The second-order valence-corrected chi connectivity index (χ2v) is 11.4. The molecule has 4 heteroatoms. The zero-order valence-electron chi connectivity index (χ0n) is 19.9. The Hall–Kier alpha value is -4.02. The van der Waals surface area contributed by atoms with Crippen molar-refractivity contribution in [3.8, 4) is 0 Å². The number of hydrogen-bond acceptors (Lipinski definition) is 3. The average molecular weight is 472 g/mol. The van der Waals surface area contributed by atoms with Crippen molar-refractivity contribution < 1.29 is 0 Å². The summed E-state index contributed by atoms with van der Waals surface area (Å²) in [7, 11) is -2.09. The Morgan fingerprint density at radius 2 is 1.03 bits per heavy atom. The quantitative estimate of drug-likeness (QED) is 0.282. The lowest BCUT2D eigenvalue weighted by Crippen LogP contribution is -2.62. The molecular formula is C31H29N3Si. The summed E-state index contributed by atoms with van der Waals surface area (Å²) in [6, 6.07) is 41.8. The van der Waals surface area contributed by atoms with Gasteiger partial charge >= 0.3 is 9.28 Å². The molecule has 1 heterocycles. The molecule has 0 N–H and O–H groups in total. The fourth-order valence-corrected chi connectivity index (χ4v) is 8.98. The number of anilines is 5. The molecule has 1 aliphatic carbocycles. The fraction of sp³-hybridized carbons (Fsp3) is 0.0968. The van der Waals surface area contributed by atoms with Crippen LogP contribution >= 0.6 is 0 Å². The molecule has 0 saturated heterocycles. The third-order valence-corrected chi connectivity index (χ3v) is 10.1. The van der Waals surface area contributed by atoms with Gasteiger partial charge in [-0.25, -0.2) is 0 Å². The lowest BCUT2D eigenvalue weighted by molar-refractivity contribution is 0.620. The third kappa shape index (κ3) is 3.86. The summed E-state index contributed by atoms with van der Waals surface area (Å²) in [6.45, 7) is 2.33. The first-order chi connectivity index (χ1) is 17.3. The highest BCUT2D eigenvalue weighted by Gasteiger charge is 2.46. The van der Waals surface area contributed by atoms with E-state index in [1.165, 1.54) is 28.4 Å². The Labute approximate surface area is 209 Å². The molecule has 0 radical (unpaired) electrons. The predicted octanol–water partition coefficient (Wildman–Crippen LogP) is 7.33. The molecule has 0 fully saturated rings. The van der Waals surface area contributed by atoms with Gasteiger partial charge in [-0.1, -0.05) is 98.0 Å². The van der Waals surface area contributed by atoms with Crippen molar-refractivity contribution in [2.45, 2.75) is 13.0 Å². The summed E-state index contributed by atoms with van der Waals surface area (Å²) >= 11 is 0. The van der Waals surface area contributed by atoms with Crippen LogP contribution in [0, 0.1) is 5.92 Å². The summed E-state index contributed by atoms with van der Waals surface area (Å²) < 4.78 is 7.95. The summed E-state index contributed by atoms with van der Waals surface area (Å²) in [5.41, 5.74) is 6.26. The Morgan fingerprint density at radius 3 is 1.54 bits per heavy atom. The molecule has 4 aromatic rings. The highest BCUT2D eigenvalue weighted by atomic mass is 28.3. The fourth-order valence-electron chi connectivity index (χ4n) is 5.32. The molecule has 35 heavy (non-hydrogen) atoms. The Bertz CT molecular complexity index is 1270. The number of fused-ring (bicyclic) bond motifs is 1. The first-order valence-corrected chi connectivity index (χ1v) is 13.8. The average Bonchev–Trinajstić information content (AvgIpc) is 3.26. The third-order valence-electron chi connectivity index (χ3n) is 6.93. The largest absolute Gasteiger partial charge is 0.373 e. The first kappa shape index (κ1) is 21.5. The number of para-hydroxylation sites is 5. The van der Waals surface area contributed by atoms with Crippen LogP contribution in [0.3, 0.4) is 0 Å². The topological polar surface area (TPSA) is 9.72 Å². The van der Waals surface area contributed by atoms with Gasteiger partial charge in [0, 0.05) is 23.1 Å². The SMILES string of the molecule is CC1C=CC=CC1N(c1ccccc1)[SiH]1N(c2ccccc2)c2ccccc2N1c1ccccc1. The summed E-state index contributed by atoms with van der Waals surface area (Å²) in [5.74, 6) is 0.395. The van der Waals surface area contributed by atoms with Gasteiger partial charge in [0.25, 0.3) is 0 Å². The molecule has 172 valence electrons. The van der Waals surface area contributed by atoms with E-state index in [9.17, 15) is 0 Å². The minimum Gasteiger partial charge on any atom is -0.359 e. The van der Waals surface area contributed by atoms with E-state index in [-0.39, 0.29) is 6.04 Å². The highest BCUT2D eigenvalue weighted by Crippen LogP contribution is 2.48.